The highest BCUT2D eigenvalue weighted by atomic mass is 16.5. The molecule has 1 aliphatic carbocycles. The van der Waals surface area contributed by atoms with Crippen LogP contribution in [0.3, 0.4) is 0 Å². The second kappa shape index (κ2) is 6.71. The second-order valence-corrected chi connectivity index (χ2v) is 4.76. The van der Waals surface area contributed by atoms with E-state index in [-0.39, 0.29) is 0 Å². The minimum Gasteiger partial charge on any atom is -0.379 e. The molecular formula is C12H22N4O. The largest absolute Gasteiger partial charge is 0.379 e. The van der Waals surface area contributed by atoms with Crippen LogP contribution in [0.5, 0.6) is 0 Å². The average molecular weight is 238 g/mol. The Bertz CT molecular complexity index is 320. The zero-order valence-corrected chi connectivity index (χ0v) is 10.3. The average Bonchev–Trinajstić information content (AvgIpc) is 2.84. The van der Waals surface area contributed by atoms with Crippen LogP contribution in [0.2, 0.25) is 0 Å². The Hall–Kier alpha value is -0.940. The van der Waals surface area contributed by atoms with Gasteiger partial charge in [0, 0.05) is 19.3 Å². The maximum atomic E-state index is 5.70. The lowest BCUT2D eigenvalue weighted by molar-refractivity contribution is 0.0779. The van der Waals surface area contributed by atoms with Crippen molar-refractivity contribution in [2.75, 3.05) is 13.2 Å². The molecule has 1 aromatic rings. The lowest BCUT2D eigenvalue weighted by Gasteiger charge is -2.21. The third-order valence-corrected chi connectivity index (χ3v) is 3.34. The summed E-state index contributed by atoms with van der Waals surface area (Å²) in [7, 11) is 0. The molecule has 0 aromatic carbocycles. The minimum absolute atomic E-state index is 0.447. The number of rotatable bonds is 6. The lowest BCUT2D eigenvalue weighted by Crippen LogP contribution is -2.15. The quantitative estimate of drug-likeness (QED) is 0.759. The van der Waals surface area contributed by atoms with E-state index in [2.05, 4.69) is 10.3 Å². The Labute approximate surface area is 102 Å². The monoisotopic (exact) mass is 238 g/mol. The Kier molecular flexibility index (Phi) is 4.94. The van der Waals surface area contributed by atoms with Gasteiger partial charge in [0.1, 0.15) is 0 Å². The van der Waals surface area contributed by atoms with Gasteiger partial charge in [0.15, 0.2) is 0 Å². The molecule has 1 saturated carbocycles. The predicted molar refractivity (Wildman–Crippen MR) is 65.3 cm³/mol. The highest BCUT2D eigenvalue weighted by Crippen LogP contribution is 2.23. The van der Waals surface area contributed by atoms with Crippen LogP contribution in [0.15, 0.2) is 6.20 Å². The first-order valence-electron chi connectivity index (χ1n) is 6.55. The molecule has 0 spiro atoms. The number of nitrogens with two attached hydrogens (primary N) is 1. The summed E-state index contributed by atoms with van der Waals surface area (Å²) in [5, 5.41) is 7.91. The molecule has 0 radical (unpaired) electrons. The zero-order valence-electron chi connectivity index (χ0n) is 10.3. The topological polar surface area (TPSA) is 66.0 Å². The first kappa shape index (κ1) is 12.5. The molecule has 0 unspecified atom stereocenters. The maximum absolute atomic E-state index is 5.70. The highest BCUT2D eigenvalue weighted by Gasteiger charge is 2.13. The van der Waals surface area contributed by atoms with Crippen molar-refractivity contribution in [3.8, 4) is 0 Å². The van der Waals surface area contributed by atoms with E-state index in [0.29, 0.717) is 13.2 Å². The molecule has 1 aromatic heterocycles. The summed E-state index contributed by atoms with van der Waals surface area (Å²) >= 11 is 0. The van der Waals surface area contributed by atoms with Crippen LogP contribution in [0, 0.1) is 5.92 Å². The third kappa shape index (κ3) is 4.09. The van der Waals surface area contributed by atoms with Gasteiger partial charge in [-0.15, -0.1) is 5.10 Å². The van der Waals surface area contributed by atoms with Crippen molar-refractivity contribution in [1.82, 2.24) is 15.0 Å². The van der Waals surface area contributed by atoms with Crippen molar-refractivity contribution >= 4 is 0 Å². The van der Waals surface area contributed by atoms with Gasteiger partial charge in [-0.1, -0.05) is 24.5 Å². The number of hydrogen-bond acceptors (Lipinski definition) is 4. The Morgan fingerprint density at radius 2 is 2.18 bits per heavy atom. The van der Waals surface area contributed by atoms with Crippen molar-refractivity contribution in [2.45, 2.75) is 45.2 Å². The zero-order chi connectivity index (χ0) is 11.9. The molecule has 1 fully saturated rings. The Morgan fingerprint density at radius 1 is 1.35 bits per heavy atom. The van der Waals surface area contributed by atoms with Crippen LogP contribution in [-0.4, -0.2) is 28.2 Å². The van der Waals surface area contributed by atoms with E-state index in [9.17, 15) is 0 Å². The second-order valence-electron chi connectivity index (χ2n) is 4.76. The number of nitrogens with zero attached hydrogens (tertiary/aromatic N) is 3. The van der Waals surface area contributed by atoms with E-state index in [1.165, 1.54) is 32.1 Å². The van der Waals surface area contributed by atoms with E-state index < -0.39 is 0 Å². The summed E-state index contributed by atoms with van der Waals surface area (Å²) < 4.78 is 7.49. The molecule has 5 heteroatoms. The first-order valence-corrected chi connectivity index (χ1v) is 6.55. The smallest absolute Gasteiger partial charge is 0.0962 e. The van der Waals surface area contributed by atoms with Gasteiger partial charge in [-0.2, -0.15) is 0 Å². The molecule has 0 bridgehead atoms. The van der Waals surface area contributed by atoms with E-state index in [1.807, 2.05) is 6.20 Å². The van der Waals surface area contributed by atoms with Crippen LogP contribution in [-0.2, 0) is 17.8 Å². The van der Waals surface area contributed by atoms with Gasteiger partial charge in [0.2, 0.25) is 0 Å². The van der Waals surface area contributed by atoms with Crippen LogP contribution in [0.25, 0.3) is 0 Å². The molecule has 17 heavy (non-hydrogen) atoms. The highest BCUT2D eigenvalue weighted by molar-refractivity contribution is 4.90. The maximum Gasteiger partial charge on any atom is 0.0962 e. The fraction of sp³-hybridized carbons (Fsp3) is 0.833. The summed E-state index contributed by atoms with van der Waals surface area (Å²) in [6.07, 6.45) is 8.69. The van der Waals surface area contributed by atoms with Crippen molar-refractivity contribution < 1.29 is 4.74 Å². The molecule has 96 valence electrons. The summed E-state index contributed by atoms with van der Waals surface area (Å²) in [5.41, 5.74) is 6.30. The van der Waals surface area contributed by atoms with Crippen molar-refractivity contribution in [3.63, 3.8) is 0 Å². The van der Waals surface area contributed by atoms with Gasteiger partial charge in [0.05, 0.1) is 18.8 Å². The third-order valence-electron chi connectivity index (χ3n) is 3.34. The van der Waals surface area contributed by atoms with Crippen molar-refractivity contribution in [1.29, 1.82) is 0 Å². The summed E-state index contributed by atoms with van der Waals surface area (Å²) in [4.78, 5) is 0. The number of hydrogen-bond donors (Lipinski definition) is 1. The SMILES string of the molecule is NCc1cn(CCOCC2CCCCC2)nn1. The van der Waals surface area contributed by atoms with Crippen LogP contribution in [0.1, 0.15) is 37.8 Å². The molecule has 1 heterocycles. The molecule has 2 N–H and O–H groups in total. The van der Waals surface area contributed by atoms with Crippen LogP contribution < -0.4 is 5.73 Å². The summed E-state index contributed by atoms with van der Waals surface area (Å²) in [6, 6.07) is 0. The normalized spacial score (nSPS) is 17.5. The fourth-order valence-electron chi connectivity index (χ4n) is 2.30. The molecular weight excluding hydrogens is 216 g/mol. The van der Waals surface area contributed by atoms with Gasteiger partial charge < -0.3 is 10.5 Å². The molecule has 0 saturated heterocycles. The van der Waals surface area contributed by atoms with Crippen LogP contribution >= 0.6 is 0 Å². The number of aromatic nitrogens is 3. The van der Waals surface area contributed by atoms with Gasteiger partial charge in [-0.25, -0.2) is 4.68 Å². The molecule has 0 atom stereocenters. The standard InChI is InChI=1S/C12H22N4O/c13-8-12-9-16(15-14-12)6-7-17-10-11-4-2-1-3-5-11/h9,11H,1-8,10,13H2. The van der Waals surface area contributed by atoms with Gasteiger partial charge in [-0.05, 0) is 18.8 Å². The summed E-state index contributed by atoms with van der Waals surface area (Å²) in [5.74, 6) is 0.777. The first-order chi connectivity index (χ1) is 8.38. The lowest BCUT2D eigenvalue weighted by atomic mass is 9.90. The molecule has 5 nitrogen and oxygen atoms in total. The van der Waals surface area contributed by atoms with Gasteiger partial charge in [0.25, 0.3) is 0 Å². The van der Waals surface area contributed by atoms with Gasteiger partial charge >= 0.3 is 0 Å². The molecule has 0 amide bonds. The van der Waals surface area contributed by atoms with E-state index >= 15 is 0 Å². The van der Waals surface area contributed by atoms with Gasteiger partial charge in [-0.3, -0.25) is 0 Å². The minimum atomic E-state index is 0.447. The van der Waals surface area contributed by atoms with Crippen molar-refractivity contribution in [2.24, 2.45) is 11.7 Å². The Morgan fingerprint density at radius 3 is 2.88 bits per heavy atom. The summed E-state index contributed by atoms with van der Waals surface area (Å²) in [6.45, 7) is 2.82. The number of ether oxygens (including phenoxy) is 1. The van der Waals surface area contributed by atoms with E-state index in [1.54, 1.807) is 4.68 Å². The van der Waals surface area contributed by atoms with E-state index in [0.717, 1.165) is 24.8 Å². The molecule has 0 aliphatic heterocycles. The van der Waals surface area contributed by atoms with Crippen LogP contribution in [0.4, 0.5) is 0 Å². The predicted octanol–water partition coefficient (Wildman–Crippen LogP) is 1.33. The molecule has 1 aliphatic rings. The molecule has 2 rings (SSSR count). The fourth-order valence-corrected chi connectivity index (χ4v) is 2.30. The van der Waals surface area contributed by atoms with Crippen molar-refractivity contribution in [3.05, 3.63) is 11.9 Å². The Balaban J connectivity index is 1.59. The van der Waals surface area contributed by atoms with E-state index in [4.69, 9.17) is 10.5 Å².